The largest absolute Gasteiger partial charge is 0.320 e. The first-order chi connectivity index (χ1) is 7.49. The standard InChI is InChI=1S/C10H15ClN4O/c1-6(2)3-7(12)10(16)15-9-4-8(11)13-5-14-9/h4-7H,3,12H2,1-2H3,(H,13,14,15,16). The Morgan fingerprint density at radius 1 is 1.56 bits per heavy atom. The first kappa shape index (κ1) is 12.9. The van der Waals surface area contributed by atoms with Gasteiger partial charge in [-0.3, -0.25) is 4.79 Å². The maximum Gasteiger partial charge on any atom is 0.242 e. The molecule has 5 nitrogen and oxygen atoms in total. The third-order valence-corrected chi connectivity index (χ3v) is 2.15. The number of carbonyl (C=O) groups excluding carboxylic acids is 1. The van der Waals surface area contributed by atoms with Crippen molar-refractivity contribution in [3.63, 3.8) is 0 Å². The van der Waals surface area contributed by atoms with Crippen molar-refractivity contribution in [2.45, 2.75) is 26.3 Å². The van der Waals surface area contributed by atoms with Gasteiger partial charge in [0, 0.05) is 6.07 Å². The van der Waals surface area contributed by atoms with E-state index in [0.29, 0.717) is 18.2 Å². The minimum absolute atomic E-state index is 0.261. The molecule has 0 saturated heterocycles. The second-order valence-corrected chi connectivity index (χ2v) is 4.34. The summed E-state index contributed by atoms with van der Waals surface area (Å²) in [4.78, 5) is 19.2. The number of hydrogen-bond donors (Lipinski definition) is 2. The maximum atomic E-state index is 11.6. The number of nitrogens with one attached hydrogen (secondary N) is 1. The smallest absolute Gasteiger partial charge is 0.242 e. The fourth-order valence-electron chi connectivity index (χ4n) is 1.24. The molecule has 0 bridgehead atoms. The van der Waals surface area contributed by atoms with Crippen molar-refractivity contribution in [2.75, 3.05) is 5.32 Å². The molecule has 0 fully saturated rings. The van der Waals surface area contributed by atoms with Crippen LogP contribution in [0.3, 0.4) is 0 Å². The van der Waals surface area contributed by atoms with Gasteiger partial charge >= 0.3 is 0 Å². The highest BCUT2D eigenvalue weighted by atomic mass is 35.5. The van der Waals surface area contributed by atoms with Crippen LogP contribution < -0.4 is 11.1 Å². The van der Waals surface area contributed by atoms with E-state index in [1.807, 2.05) is 13.8 Å². The lowest BCUT2D eigenvalue weighted by Crippen LogP contribution is -2.36. The number of anilines is 1. The normalized spacial score (nSPS) is 12.6. The zero-order valence-corrected chi connectivity index (χ0v) is 10.0. The molecule has 0 radical (unpaired) electrons. The van der Waals surface area contributed by atoms with E-state index in [0.717, 1.165) is 0 Å². The number of halogens is 1. The SMILES string of the molecule is CC(C)CC(N)C(=O)Nc1cc(Cl)ncn1. The van der Waals surface area contributed by atoms with Gasteiger partial charge in [0.2, 0.25) is 5.91 Å². The number of aromatic nitrogens is 2. The predicted octanol–water partition coefficient (Wildman–Crippen LogP) is 1.44. The van der Waals surface area contributed by atoms with Crippen LogP contribution in [0.4, 0.5) is 5.82 Å². The summed E-state index contributed by atoms with van der Waals surface area (Å²) in [5, 5.41) is 2.87. The molecule has 88 valence electrons. The minimum Gasteiger partial charge on any atom is -0.320 e. The molecule has 1 rings (SSSR count). The van der Waals surface area contributed by atoms with Crippen molar-refractivity contribution >= 4 is 23.3 Å². The molecule has 16 heavy (non-hydrogen) atoms. The Hall–Kier alpha value is -1.20. The zero-order chi connectivity index (χ0) is 12.1. The number of hydrogen-bond acceptors (Lipinski definition) is 4. The van der Waals surface area contributed by atoms with Crippen LogP contribution in [0.1, 0.15) is 20.3 Å². The summed E-state index contributed by atoms with van der Waals surface area (Å²) in [6, 6.07) is 0.940. The number of nitrogens with zero attached hydrogens (tertiary/aromatic N) is 2. The van der Waals surface area contributed by atoms with E-state index in [2.05, 4.69) is 15.3 Å². The number of amides is 1. The predicted molar refractivity (Wildman–Crippen MR) is 63.1 cm³/mol. The van der Waals surface area contributed by atoms with Gasteiger partial charge in [0.05, 0.1) is 6.04 Å². The van der Waals surface area contributed by atoms with E-state index >= 15 is 0 Å². The average Bonchev–Trinajstić information content (AvgIpc) is 2.16. The molecule has 1 heterocycles. The summed E-state index contributed by atoms with van der Waals surface area (Å²) in [7, 11) is 0. The highest BCUT2D eigenvalue weighted by molar-refractivity contribution is 6.29. The summed E-state index contributed by atoms with van der Waals surface area (Å²) in [5.74, 6) is 0.474. The van der Waals surface area contributed by atoms with Crippen LogP contribution in [0.15, 0.2) is 12.4 Å². The Morgan fingerprint density at radius 3 is 2.81 bits per heavy atom. The second kappa shape index (κ2) is 5.77. The molecular formula is C10H15ClN4O. The molecular weight excluding hydrogens is 228 g/mol. The lowest BCUT2D eigenvalue weighted by molar-refractivity contribution is -0.117. The molecule has 1 atom stereocenters. The van der Waals surface area contributed by atoms with Crippen LogP contribution in [-0.4, -0.2) is 21.9 Å². The van der Waals surface area contributed by atoms with Crippen molar-refractivity contribution in [3.8, 4) is 0 Å². The first-order valence-electron chi connectivity index (χ1n) is 5.03. The molecule has 3 N–H and O–H groups in total. The lowest BCUT2D eigenvalue weighted by atomic mass is 10.0. The Morgan fingerprint density at radius 2 is 2.25 bits per heavy atom. The second-order valence-electron chi connectivity index (χ2n) is 3.95. The molecule has 1 aromatic rings. The van der Waals surface area contributed by atoms with Crippen LogP contribution in [0.2, 0.25) is 5.15 Å². The van der Waals surface area contributed by atoms with Gasteiger partial charge in [0.25, 0.3) is 0 Å². The molecule has 0 spiro atoms. The molecule has 1 unspecified atom stereocenters. The molecule has 1 aromatic heterocycles. The first-order valence-corrected chi connectivity index (χ1v) is 5.41. The summed E-state index contributed by atoms with van der Waals surface area (Å²) >= 11 is 5.66. The van der Waals surface area contributed by atoms with Gasteiger partial charge in [-0.25, -0.2) is 9.97 Å². The van der Waals surface area contributed by atoms with Gasteiger partial charge in [0.15, 0.2) is 0 Å². The fraction of sp³-hybridized carbons (Fsp3) is 0.500. The zero-order valence-electron chi connectivity index (χ0n) is 9.27. The van der Waals surface area contributed by atoms with Gasteiger partial charge in [-0.15, -0.1) is 0 Å². The fourth-order valence-corrected chi connectivity index (χ4v) is 1.38. The Balaban J connectivity index is 2.57. The molecule has 0 aliphatic heterocycles. The summed E-state index contributed by atoms with van der Waals surface area (Å²) in [6.07, 6.45) is 1.91. The van der Waals surface area contributed by atoms with Gasteiger partial charge in [-0.05, 0) is 12.3 Å². The summed E-state index contributed by atoms with van der Waals surface area (Å²) in [5.41, 5.74) is 5.72. The number of rotatable bonds is 4. The summed E-state index contributed by atoms with van der Waals surface area (Å²) < 4.78 is 0. The molecule has 0 saturated carbocycles. The van der Waals surface area contributed by atoms with Crippen molar-refractivity contribution in [2.24, 2.45) is 11.7 Å². The maximum absolute atomic E-state index is 11.6. The molecule has 6 heteroatoms. The van der Waals surface area contributed by atoms with Crippen molar-refractivity contribution < 1.29 is 4.79 Å². The van der Waals surface area contributed by atoms with Gasteiger partial charge in [-0.2, -0.15) is 0 Å². The molecule has 0 aliphatic rings. The van der Waals surface area contributed by atoms with E-state index in [1.165, 1.54) is 12.4 Å². The molecule has 0 aromatic carbocycles. The van der Waals surface area contributed by atoms with E-state index in [-0.39, 0.29) is 11.1 Å². The third kappa shape index (κ3) is 4.12. The highest BCUT2D eigenvalue weighted by Crippen LogP contribution is 2.10. The van der Waals surface area contributed by atoms with Gasteiger partial charge in [0.1, 0.15) is 17.3 Å². The monoisotopic (exact) mass is 242 g/mol. The van der Waals surface area contributed by atoms with Gasteiger partial charge in [-0.1, -0.05) is 25.4 Å². The van der Waals surface area contributed by atoms with Crippen LogP contribution in [0.25, 0.3) is 0 Å². The topological polar surface area (TPSA) is 80.9 Å². The highest BCUT2D eigenvalue weighted by Gasteiger charge is 2.15. The average molecular weight is 243 g/mol. The molecule has 0 aliphatic carbocycles. The van der Waals surface area contributed by atoms with Crippen molar-refractivity contribution in [1.29, 1.82) is 0 Å². The van der Waals surface area contributed by atoms with E-state index in [4.69, 9.17) is 17.3 Å². The van der Waals surface area contributed by atoms with Crippen LogP contribution >= 0.6 is 11.6 Å². The number of carbonyl (C=O) groups is 1. The number of nitrogens with two attached hydrogens (primary N) is 1. The Labute approximate surface area is 99.4 Å². The van der Waals surface area contributed by atoms with Crippen LogP contribution in [0, 0.1) is 5.92 Å². The van der Waals surface area contributed by atoms with E-state index in [9.17, 15) is 4.79 Å². The Kier molecular flexibility index (Phi) is 4.64. The van der Waals surface area contributed by atoms with E-state index < -0.39 is 6.04 Å². The van der Waals surface area contributed by atoms with Crippen LogP contribution in [-0.2, 0) is 4.79 Å². The van der Waals surface area contributed by atoms with Crippen molar-refractivity contribution in [3.05, 3.63) is 17.5 Å². The van der Waals surface area contributed by atoms with Crippen LogP contribution in [0.5, 0.6) is 0 Å². The van der Waals surface area contributed by atoms with Crippen molar-refractivity contribution in [1.82, 2.24) is 9.97 Å². The Bertz CT molecular complexity index is 370. The summed E-state index contributed by atoms with van der Waals surface area (Å²) in [6.45, 7) is 4.02. The van der Waals surface area contributed by atoms with Gasteiger partial charge < -0.3 is 11.1 Å². The third-order valence-electron chi connectivity index (χ3n) is 1.95. The quantitative estimate of drug-likeness (QED) is 0.783. The molecule has 1 amide bonds. The lowest BCUT2D eigenvalue weighted by Gasteiger charge is -2.13. The minimum atomic E-state index is -0.534. The van der Waals surface area contributed by atoms with E-state index in [1.54, 1.807) is 0 Å².